The molecule has 2 aromatic carbocycles. The number of methoxy groups -OCH3 is 1. The van der Waals surface area contributed by atoms with Gasteiger partial charge in [0.1, 0.15) is 5.75 Å². The van der Waals surface area contributed by atoms with Gasteiger partial charge in [0.05, 0.1) is 24.3 Å². The van der Waals surface area contributed by atoms with Crippen LogP contribution >= 0.6 is 0 Å². The third-order valence-corrected chi connectivity index (χ3v) is 3.44. The highest BCUT2D eigenvalue weighted by Crippen LogP contribution is 2.30. The molecule has 0 saturated carbocycles. The molecule has 0 radical (unpaired) electrons. The van der Waals surface area contributed by atoms with Crippen molar-refractivity contribution < 1.29 is 22.7 Å². The van der Waals surface area contributed by atoms with Gasteiger partial charge in [0, 0.05) is 0 Å². The molecular formula is C17H16F3NO2. The van der Waals surface area contributed by atoms with Gasteiger partial charge in [-0.25, -0.2) is 0 Å². The van der Waals surface area contributed by atoms with Crippen LogP contribution in [-0.2, 0) is 6.18 Å². The van der Waals surface area contributed by atoms with Gasteiger partial charge in [0.25, 0.3) is 5.91 Å². The predicted octanol–water partition coefficient (Wildman–Crippen LogP) is 4.21. The number of carbonyl (C=O) groups is 1. The number of hydrogen-bond donors (Lipinski definition) is 1. The summed E-state index contributed by atoms with van der Waals surface area (Å²) in [5.74, 6) is 0.0828. The average Bonchev–Trinajstić information content (AvgIpc) is 2.54. The predicted molar refractivity (Wildman–Crippen MR) is 80.3 cm³/mol. The zero-order valence-electron chi connectivity index (χ0n) is 12.6. The van der Waals surface area contributed by atoms with Crippen molar-refractivity contribution in [1.29, 1.82) is 0 Å². The highest BCUT2D eigenvalue weighted by atomic mass is 19.4. The first-order valence-electron chi connectivity index (χ1n) is 6.94. The van der Waals surface area contributed by atoms with E-state index in [0.717, 1.165) is 12.1 Å². The summed E-state index contributed by atoms with van der Waals surface area (Å²) < 4.78 is 42.8. The Morgan fingerprint density at radius 2 is 1.70 bits per heavy atom. The lowest BCUT2D eigenvalue weighted by Gasteiger charge is -2.16. The van der Waals surface area contributed by atoms with Gasteiger partial charge in [-0.3, -0.25) is 4.79 Å². The molecule has 0 aliphatic rings. The van der Waals surface area contributed by atoms with Crippen LogP contribution in [0, 0.1) is 0 Å². The average molecular weight is 323 g/mol. The Kier molecular flexibility index (Phi) is 4.93. The molecule has 6 heteroatoms. The number of halogens is 3. The Morgan fingerprint density at radius 1 is 1.09 bits per heavy atom. The van der Waals surface area contributed by atoms with E-state index in [9.17, 15) is 18.0 Å². The summed E-state index contributed by atoms with van der Waals surface area (Å²) in [5, 5.41) is 2.75. The van der Waals surface area contributed by atoms with Gasteiger partial charge in [0.2, 0.25) is 0 Å². The van der Waals surface area contributed by atoms with Crippen LogP contribution in [0.15, 0.2) is 48.5 Å². The molecule has 0 aliphatic carbocycles. The van der Waals surface area contributed by atoms with Gasteiger partial charge >= 0.3 is 6.18 Å². The molecule has 2 rings (SSSR count). The monoisotopic (exact) mass is 323 g/mol. The number of ether oxygens (including phenoxy) is 1. The van der Waals surface area contributed by atoms with E-state index in [1.807, 2.05) is 0 Å². The van der Waals surface area contributed by atoms with Crippen LogP contribution in [0.3, 0.4) is 0 Å². The van der Waals surface area contributed by atoms with E-state index < -0.39 is 17.8 Å². The Labute approximate surface area is 132 Å². The van der Waals surface area contributed by atoms with Gasteiger partial charge < -0.3 is 10.1 Å². The molecule has 0 bridgehead atoms. The molecule has 0 aliphatic heterocycles. The number of amides is 1. The van der Waals surface area contributed by atoms with Crippen LogP contribution in [0.25, 0.3) is 0 Å². The molecular weight excluding hydrogens is 307 g/mol. The van der Waals surface area contributed by atoms with Gasteiger partial charge in [-0.15, -0.1) is 0 Å². The first-order chi connectivity index (χ1) is 10.8. The van der Waals surface area contributed by atoms with E-state index >= 15 is 0 Å². The molecule has 1 unspecified atom stereocenters. The molecule has 0 aromatic heterocycles. The van der Waals surface area contributed by atoms with Crippen LogP contribution in [0.4, 0.5) is 13.2 Å². The second-order valence-corrected chi connectivity index (χ2v) is 5.02. The second kappa shape index (κ2) is 6.73. The summed E-state index contributed by atoms with van der Waals surface area (Å²) in [4.78, 5) is 12.3. The maximum atomic E-state index is 12.6. The summed E-state index contributed by atoms with van der Waals surface area (Å²) in [6, 6.07) is 11.0. The topological polar surface area (TPSA) is 38.3 Å². The van der Waals surface area contributed by atoms with E-state index in [0.29, 0.717) is 16.9 Å². The molecule has 0 heterocycles. The van der Waals surface area contributed by atoms with Crippen LogP contribution < -0.4 is 10.1 Å². The zero-order valence-corrected chi connectivity index (χ0v) is 12.6. The quantitative estimate of drug-likeness (QED) is 0.915. The summed E-state index contributed by atoms with van der Waals surface area (Å²) in [6.07, 6.45) is -4.37. The Balaban J connectivity index is 2.12. The number of rotatable bonds is 4. The third-order valence-electron chi connectivity index (χ3n) is 3.44. The molecule has 0 fully saturated rings. The lowest BCUT2D eigenvalue weighted by Crippen LogP contribution is -2.27. The smallest absolute Gasteiger partial charge is 0.416 e. The molecule has 3 nitrogen and oxygen atoms in total. The van der Waals surface area contributed by atoms with E-state index in [4.69, 9.17) is 4.74 Å². The largest absolute Gasteiger partial charge is 0.496 e. The van der Waals surface area contributed by atoms with Crippen molar-refractivity contribution in [2.75, 3.05) is 7.11 Å². The molecule has 1 atom stereocenters. The Hall–Kier alpha value is -2.50. The van der Waals surface area contributed by atoms with Crippen molar-refractivity contribution in [3.05, 3.63) is 65.2 Å². The second-order valence-electron chi connectivity index (χ2n) is 5.02. The van der Waals surface area contributed by atoms with Gasteiger partial charge in [-0.05, 0) is 36.8 Å². The van der Waals surface area contributed by atoms with E-state index in [-0.39, 0.29) is 5.91 Å². The van der Waals surface area contributed by atoms with Crippen LogP contribution in [0.2, 0.25) is 0 Å². The van der Waals surface area contributed by atoms with Crippen molar-refractivity contribution in [2.24, 2.45) is 0 Å². The summed E-state index contributed by atoms with van der Waals surface area (Å²) >= 11 is 0. The normalized spacial score (nSPS) is 12.6. The molecule has 1 N–H and O–H groups in total. The van der Waals surface area contributed by atoms with Crippen molar-refractivity contribution in [2.45, 2.75) is 19.1 Å². The maximum absolute atomic E-state index is 12.6. The van der Waals surface area contributed by atoms with Crippen molar-refractivity contribution in [1.82, 2.24) is 5.32 Å². The van der Waals surface area contributed by atoms with E-state index in [1.54, 1.807) is 31.2 Å². The Morgan fingerprint density at radius 3 is 2.26 bits per heavy atom. The van der Waals surface area contributed by atoms with Gasteiger partial charge in [0.15, 0.2) is 0 Å². The van der Waals surface area contributed by atoms with Crippen molar-refractivity contribution >= 4 is 5.91 Å². The highest BCUT2D eigenvalue weighted by Gasteiger charge is 2.30. The lowest BCUT2D eigenvalue weighted by molar-refractivity contribution is -0.137. The summed E-state index contributed by atoms with van der Waals surface area (Å²) in [7, 11) is 1.46. The molecule has 1 amide bonds. The fraction of sp³-hybridized carbons (Fsp3) is 0.235. The van der Waals surface area contributed by atoms with Gasteiger partial charge in [-0.1, -0.05) is 24.3 Å². The lowest BCUT2D eigenvalue weighted by atomic mass is 10.1. The number of hydrogen-bond acceptors (Lipinski definition) is 2. The van der Waals surface area contributed by atoms with Crippen molar-refractivity contribution in [3.8, 4) is 5.75 Å². The fourth-order valence-electron chi connectivity index (χ4n) is 2.15. The summed E-state index contributed by atoms with van der Waals surface area (Å²) in [5.41, 5.74) is 0.236. The van der Waals surface area contributed by atoms with Gasteiger partial charge in [-0.2, -0.15) is 13.2 Å². The number of para-hydroxylation sites is 1. The molecule has 122 valence electrons. The zero-order chi connectivity index (χ0) is 17.0. The highest BCUT2D eigenvalue weighted by molar-refractivity contribution is 5.97. The maximum Gasteiger partial charge on any atom is 0.416 e. The third kappa shape index (κ3) is 4.03. The van der Waals surface area contributed by atoms with Crippen molar-refractivity contribution in [3.63, 3.8) is 0 Å². The fourth-order valence-corrected chi connectivity index (χ4v) is 2.15. The minimum Gasteiger partial charge on any atom is -0.496 e. The first kappa shape index (κ1) is 16.9. The summed E-state index contributed by atoms with van der Waals surface area (Å²) in [6.45, 7) is 1.70. The number of benzene rings is 2. The molecule has 0 saturated heterocycles. The van der Waals surface area contributed by atoms with Crippen LogP contribution in [0.1, 0.15) is 34.5 Å². The minimum atomic E-state index is -4.37. The molecule has 0 spiro atoms. The minimum absolute atomic E-state index is 0.352. The SMILES string of the molecule is COc1ccccc1C(=O)NC(C)c1ccc(C(F)(F)F)cc1. The van der Waals surface area contributed by atoms with Crippen LogP contribution in [-0.4, -0.2) is 13.0 Å². The van der Waals surface area contributed by atoms with E-state index in [2.05, 4.69) is 5.32 Å². The Bertz CT molecular complexity index is 681. The molecule has 23 heavy (non-hydrogen) atoms. The number of carbonyl (C=O) groups excluding carboxylic acids is 1. The molecule has 2 aromatic rings. The van der Waals surface area contributed by atoms with E-state index in [1.165, 1.54) is 19.2 Å². The van der Waals surface area contributed by atoms with Crippen LogP contribution in [0.5, 0.6) is 5.75 Å². The number of alkyl halides is 3. The standard InChI is InChI=1S/C17H16F3NO2/c1-11(12-7-9-13(10-8-12)17(18,19)20)21-16(22)14-5-3-4-6-15(14)23-2/h3-11H,1-2H3,(H,21,22). The first-order valence-corrected chi connectivity index (χ1v) is 6.94. The number of nitrogens with one attached hydrogen (secondary N) is 1.